The van der Waals surface area contributed by atoms with Gasteiger partial charge in [0.15, 0.2) is 0 Å². The number of hydrogen-bond donors (Lipinski definition) is 1. The van der Waals surface area contributed by atoms with Crippen LogP contribution in [0.5, 0.6) is 5.75 Å². The van der Waals surface area contributed by atoms with Crippen molar-refractivity contribution in [3.63, 3.8) is 0 Å². The molecule has 1 atom stereocenters. The van der Waals surface area contributed by atoms with Gasteiger partial charge in [-0.3, -0.25) is 4.90 Å². The zero-order valence-electron chi connectivity index (χ0n) is 13.8. The molecule has 0 aliphatic carbocycles. The summed E-state index contributed by atoms with van der Waals surface area (Å²) in [5, 5.41) is 10.7. The maximum absolute atomic E-state index is 10.0. The molecule has 1 heterocycles. The summed E-state index contributed by atoms with van der Waals surface area (Å²) in [4.78, 5) is 4.72. The average Bonchev–Trinajstić information content (AvgIpc) is 2.57. The summed E-state index contributed by atoms with van der Waals surface area (Å²) in [6, 6.07) is 7.24. The molecule has 23 heavy (non-hydrogen) atoms. The van der Waals surface area contributed by atoms with Gasteiger partial charge in [-0.2, -0.15) is 0 Å². The molecule has 1 aromatic carbocycles. The number of benzene rings is 1. The lowest BCUT2D eigenvalue weighted by Crippen LogP contribution is -2.48. The number of β-amino-alcohol motifs (C(OH)–C–C–N with tert-alkyl or cyclic N) is 1. The van der Waals surface area contributed by atoms with E-state index in [4.69, 9.17) is 21.1 Å². The van der Waals surface area contributed by atoms with Crippen LogP contribution in [0.1, 0.15) is 6.92 Å². The van der Waals surface area contributed by atoms with E-state index in [1.165, 1.54) is 0 Å². The van der Waals surface area contributed by atoms with Gasteiger partial charge < -0.3 is 19.5 Å². The second-order valence-corrected chi connectivity index (χ2v) is 6.20. The summed E-state index contributed by atoms with van der Waals surface area (Å²) in [6.07, 6.45) is -0.446. The average molecular weight is 343 g/mol. The molecule has 0 radical (unpaired) electrons. The Kier molecular flexibility index (Phi) is 8.12. The van der Waals surface area contributed by atoms with Crippen LogP contribution in [0.4, 0.5) is 0 Å². The summed E-state index contributed by atoms with van der Waals surface area (Å²) < 4.78 is 11.0. The lowest BCUT2D eigenvalue weighted by Gasteiger charge is -2.34. The summed E-state index contributed by atoms with van der Waals surface area (Å²) in [6.45, 7) is 9.44. The van der Waals surface area contributed by atoms with Crippen molar-refractivity contribution in [3.8, 4) is 5.75 Å². The van der Waals surface area contributed by atoms with Gasteiger partial charge in [0.05, 0.1) is 19.3 Å². The van der Waals surface area contributed by atoms with Crippen molar-refractivity contribution < 1.29 is 14.6 Å². The predicted molar refractivity (Wildman–Crippen MR) is 92.3 cm³/mol. The summed E-state index contributed by atoms with van der Waals surface area (Å²) in [5.41, 5.74) is 0. The summed E-state index contributed by atoms with van der Waals surface area (Å²) in [5.74, 6) is 0.771. The number of halogens is 1. The minimum atomic E-state index is -0.446. The molecule has 6 heteroatoms. The van der Waals surface area contributed by atoms with E-state index in [2.05, 4.69) is 16.7 Å². The van der Waals surface area contributed by atoms with E-state index < -0.39 is 6.10 Å². The molecule has 0 spiro atoms. The molecule has 0 bridgehead atoms. The predicted octanol–water partition coefficient (Wildman–Crippen LogP) is 1.73. The van der Waals surface area contributed by atoms with Gasteiger partial charge >= 0.3 is 0 Å². The molecule has 130 valence electrons. The molecule has 1 aliphatic heterocycles. The van der Waals surface area contributed by atoms with Crippen LogP contribution >= 0.6 is 11.6 Å². The Balaban J connectivity index is 1.51. The Hall–Kier alpha value is -0.850. The molecular formula is C17H27ClN2O3. The fourth-order valence-electron chi connectivity index (χ4n) is 2.61. The van der Waals surface area contributed by atoms with E-state index in [1.54, 1.807) is 12.1 Å². The van der Waals surface area contributed by atoms with Gasteiger partial charge in [0, 0.05) is 37.7 Å². The highest BCUT2D eigenvalue weighted by Gasteiger charge is 2.18. The van der Waals surface area contributed by atoms with Gasteiger partial charge in [0.1, 0.15) is 12.4 Å². The fraction of sp³-hybridized carbons (Fsp3) is 0.647. The highest BCUT2D eigenvalue weighted by molar-refractivity contribution is 6.30. The molecular weight excluding hydrogens is 316 g/mol. The number of nitrogens with zero attached hydrogens (tertiary/aromatic N) is 2. The molecule has 1 saturated heterocycles. The number of likely N-dealkylation sites (N-methyl/N-ethyl adjacent to an activating group) is 1. The molecule has 2 rings (SSSR count). The lowest BCUT2D eigenvalue weighted by molar-refractivity contribution is 0.000391. The highest BCUT2D eigenvalue weighted by Crippen LogP contribution is 2.15. The first-order valence-corrected chi connectivity index (χ1v) is 8.64. The van der Waals surface area contributed by atoms with Crippen LogP contribution < -0.4 is 4.74 Å². The first-order valence-electron chi connectivity index (χ1n) is 8.26. The maximum Gasteiger partial charge on any atom is 0.119 e. The standard InChI is InChI=1S/C17H27ClN2O3/c1-2-19-7-9-20(10-8-19)13-16(21)14-22-11-12-23-17-5-3-15(18)4-6-17/h3-6,16,21H,2,7-14H2,1H3/t16-/m1/s1. The Morgan fingerprint density at radius 2 is 1.74 bits per heavy atom. The van der Waals surface area contributed by atoms with Crippen molar-refractivity contribution >= 4 is 11.6 Å². The Labute approximate surface area is 143 Å². The third-order valence-corrected chi connectivity index (χ3v) is 4.25. The van der Waals surface area contributed by atoms with Crippen molar-refractivity contribution in [3.05, 3.63) is 29.3 Å². The van der Waals surface area contributed by atoms with Crippen LogP contribution in [0.25, 0.3) is 0 Å². The van der Waals surface area contributed by atoms with Crippen LogP contribution in [0, 0.1) is 0 Å². The first-order chi connectivity index (χ1) is 11.2. The fourth-order valence-corrected chi connectivity index (χ4v) is 2.73. The van der Waals surface area contributed by atoms with Crippen LogP contribution in [0.15, 0.2) is 24.3 Å². The first kappa shape index (κ1) is 18.5. The van der Waals surface area contributed by atoms with E-state index in [0.29, 0.717) is 31.4 Å². The van der Waals surface area contributed by atoms with E-state index in [1.807, 2.05) is 12.1 Å². The quantitative estimate of drug-likeness (QED) is 0.692. The Morgan fingerprint density at radius 1 is 1.09 bits per heavy atom. The van der Waals surface area contributed by atoms with E-state index >= 15 is 0 Å². The number of rotatable bonds is 9. The third-order valence-electron chi connectivity index (χ3n) is 4.00. The molecule has 1 aliphatic rings. The van der Waals surface area contributed by atoms with Gasteiger partial charge in [0.25, 0.3) is 0 Å². The van der Waals surface area contributed by atoms with Crippen molar-refractivity contribution in [2.24, 2.45) is 0 Å². The van der Waals surface area contributed by atoms with Crippen molar-refractivity contribution in [1.29, 1.82) is 0 Å². The largest absolute Gasteiger partial charge is 0.491 e. The molecule has 1 aromatic rings. The number of hydrogen-bond acceptors (Lipinski definition) is 5. The van der Waals surface area contributed by atoms with Crippen molar-refractivity contribution in [2.75, 3.05) is 59.1 Å². The molecule has 1 fully saturated rings. The monoisotopic (exact) mass is 342 g/mol. The van der Waals surface area contributed by atoms with Gasteiger partial charge in [-0.15, -0.1) is 0 Å². The van der Waals surface area contributed by atoms with E-state index in [0.717, 1.165) is 38.5 Å². The zero-order chi connectivity index (χ0) is 16.5. The summed E-state index contributed by atoms with van der Waals surface area (Å²) in [7, 11) is 0. The van der Waals surface area contributed by atoms with E-state index in [-0.39, 0.29) is 0 Å². The molecule has 5 nitrogen and oxygen atoms in total. The highest BCUT2D eigenvalue weighted by atomic mass is 35.5. The van der Waals surface area contributed by atoms with Gasteiger partial charge in [-0.05, 0) is 30.8 Å². The van der Waals surface area contributed by atoms with Crippen molar-refractivity contribution in [1.82, 2.24) is 9.80 Å². The van der Waals surface area contributed by atoms with Crippen molar-refractivity contribution in [2.45, 2.75) is 13.0 Å². The second-order valence-electron chi connectivity index (χ2n) is 5.77. The van der Waals surface area contributed by atoms with Gasteiger partial charge in [0.2, 0.25) is 0 Å². The minimum Gasteiger partial charge on any atom is -0.491 e. The smallest absolute Gasteiger partial charge is 0.119 e. The molecule has 0 aromatic heterocycles. The number of piperazine rings is 1. The minimum absolute atomic E-state index is 0.345. The number of aliphatic hydroxyl groups is 1. The third kappa shape index (κ3) is 7.06. The molecule has 0 amide bonds. The Morgan fingerprint density at radius 3 is 2.39 bits per heavy atom. The van der Waals surface area contributed by atoms with Gasteiger partial charge in [-0.25, -0.2) is 0 Å². The summed E-state index contributed by atoms with van der Waals surface area (Å²) >= 11 is 5.81. The number of aliphatic hydroxyl groups excluding tert-OH is 1. The maximum atomic E-state index is 10.0. The second kappa shape index (κ2) is 10.1. The molecule has 0 unspecified atom stereocenters. The van der Waals surface area contributed by atoms with Crippen LogP contribution in [-0.4, -0.2) is 80.1 Å². The van der Waals surface area contributed by atoms with Gasteiger partial charge in [-0.1, -0.05) is 18.5 Å². The van der Waals surface area contributed by atoms with E-state index in [9.17, 15) is 5.11 Å². The van der Waals surface area contributed by atoms with Crippen LogP contribution in [0.3, 0.4) is 0 Å². The van der Waals surface area contributed by atoms with Crippen LogP contribution in [0.2, 0.25) is 5.02 Å². The SMILES string of the molecule is CCN1CCN(C[C@@H](O)COCCOc2ccc(Cl)cc2)CC1. The topological polar surface area (TPSA) is 45.2 Å². The zero-order valence-corrected chi connectivity index (χ0v) is 14.5. The number of ether oxygens (including phenoxy) is 2. The molecule has 1 N–H and O–H groups in total. The van der Waals surface area contributed by atoms with Crippen LogP contribution in [-0.2, 0) is 4.74 Å². The lowest BCUT2D eigenvalue weighted by atomic mass is 10.2. The molecule has 0 saturated carbocycles. The Bertz CT molecular complexity index is 436. The normalized spacial score (nSPS) is 18.0.